The first kappa shape index (κ1) is 34.6. The molecule has 9 heteroatoms. The third-order valence-corrected chi connectivity index (χ3v) is 6.21. The van der Waals surface area contributed by atoms with Crippen molar-refractivity contribution in [3.05, 3.63) is 64.5 Å². The largest absolute Gasteiger partial charge is 0.463 e. The Bertz CT molecular complexity index is 1250. The topological polar surface area (TPSA) is 85.4 Å². The Morgan fingerprint density at radius 3 is 2.02 bits per heavy atom. The van der Waals surface area contributed by atoms with Gasteiger partial charge < -0.3 is 14.2 Å². The predicted molar refractivity (Wildman–Crippen MR) is 162 cm³/mol. The van der Waals surface area contributed by atoms with E-state index in [2.05, 4.69) is 0 Å². The zero-order valence-electron chi connectivity index (χ0n) is 26.3. The van der Waals surface area contributed by atoms with Crippen molar-refractivity contribution in [1.82, 2.24) is 9.80 Å². The molecule has 2 aromatic rings. The highest BCUT2D eigenvalue weighted by Gasteiger charge is 2.26. The van der Waals surface area contributed by atoms with E-state index in [0.717, 1.165) is 27.8 Å². The number of halogens is 1. The normalized spacial score (nSPS) is 13.1. The summed E-state index contributed by atoms with van der Waals surface area (Å²) in [6, 6.07) is 9.06. The van der Waals surface area contributed by atoms with Crippen molar-refractivity contribution in [3.8, 4) is 11.1 Å². The summed E-state index contributed by atoms with van der Waals surface area (Å²) in [5, 5.41) is 0. The van der Waals surface area contributed by atoms with Gasteiger partial charge in [-0.25, -0.2) is 4.39 Å². The monoisotopic (exact) mass is 584 g/mol. The first-order valence-corrected chi connectivity index (χ1v) is 14.1. The van der Waals surface area contributed by atoms with Crippen LogP contribution in [-0.4, -0.2) is 87.3 Å². The first-order valence-electron chi connectivity index (χ1n) is 14.1. The Balaban J connectivity index is 2.49. The fourth-order valence-electron chi connectivity index (χ4n) is 4.50. The summed E-state index contributed by atoms with van der Waals surface area (Å²) in [4.78, 5) is 41.2. The van der Waals surface area contributed by atoms with Crippen LogP contribution in [0.15, 0.2) is 36.4 Å². The number of likely N-dealkylation sites (N-methyl/N-ethyl adjacent to an activating group) is 2. The minimum Gasteiger partial charge on any atom is -0.463 e. The van der Waals surface area contributed by atoms with Crippen LogP contribution < -0.4 is 0 Å². The minimum atomic E-state index is -0.885. The number of rotatable bonds is 14. The number of aryl methyl sites for hydroxylation is 3. The van der Waals surface area contributed by atoms with Crippen LogP contribution in [0.1, 0.15) is 48.9 Å². The first-order chi connectivity index (χ1) is 19.6. The molecule has 42 heavy (non-hydrogen) atoms. The maximum Gasteiger partial charge on any atom is 0.320 e. The van der Waals surface area contributed by atoms with Crippen LogP contribution in [0, 0.1) is 26.6 Å². The highest BCUT2D eigenvalue weighted by atomic mass is 19.1. The summed E-state index contributed by atoms with van der Waals surface area (Å²) in [7, 11) is 6.99. The van der Waals surface area contributed by atoms with Crippen LogP contribution >= 0.6 is 0 Å². The third-order valence-electron chi connectivity index (χ3n) is 6.21. The van der Waals surface area contributed by atoms with Gasteiger partial charge in [-0.2, -0.15) is 0 Å². The standard InChI is InChI=1S/C33H45FN2O6/c1-21(2)40-31(37)18-27(42-33(39)20-36(8)9)17-26(41-32(38)19-35(6)7)11-12-28-23(4)14-22(3)15-29(28)25-10-13-30(34)24(5)16-25/h10-16,21,26-27H,17-20H2,1-9H3/t26-,27-/m1/s1. The Labute approximate surface area is 249 Å². The summed E-state index contributed by atoms with van der Waals surface area (Å²) in [5.41, 5.74) is 5.20. The molecule has 0 amide bonds. The number of hydrogen-bond acceptors (Lipinski definition) is 8. The van der Waals surface area contributed by atoms with Gasteiger partial charge in [0, 0.05) is 6.42 Å². The lowest BCUT2D eigenvalue weighted by Crippen LogP contribution is -2.34. The summed E-state index contributed by atoms with van der Waals surface area (Å²) in [6.45, 7) is 9.25. The second-order valence-corrected chi connectivity index (χ2v) is 11.5. The molecular weight excluding hydrogens is 539 g/mol. The van der Waals surface area contributed by atoms with Crippen LogP contribution in [0.4, 0.5) is 4.39 Å². The van der Waals surface area contributed by atoms with E-state index in [1.165, 1.54) is 6.07 Å². The molecule has 0 aliphatic heterocycles. The van der Waals surface area contributed by atoms with Gasteiger partial charge in [-0.3, -0.25) is 24.2 Å². The molecule has 0 heterocycles. The van der Waals surface area contributed by atoms with Crippen LogP contribution in [0.3, 0.4) is 0 Å². The number of carbonyl (C=O) groups excluding carboxylic acids is 3. The molecule has 0 bridgehead atoms. The van der Waals surface area contributed by atoms with Gasteiger partial charge in [0.05, 0.1) is 25.6 Å². The molecule has 2 rings (SSSR count). The molecule has 2 atom stereocenters. The van der Waals surface area contributed by atoms with E-state index in [0.29, 0.717) is 5.56 Å². The summed E-state index contributed by atoms with van der Waals surface area (Å²) >= 11 is 0. The number of ether oxygens (including phenoxy) is 3. The van der Waals surface area contributed by atoms with Gasteiger partial charge >= 0.3 is 17.9 Å². The second kappa shape index (κ2) is 16.2. The van der Waals surface area contributed by atoms with Gasteiger partial charge in [0.15, 0.2) is 0 Å². The van der Waals surface area contributed by atoms with Crippen molar-refractivity contribution in [3.63, 3.8) is 0 Å². The van der Waals surface area contributed by atoms with E-state index in [1.807, 2.05) is 32.1 Å². The quantitative estimate of drug-likeness (QED) is 0.224. The lowest BCUT2D eigenvalue weighted by atomic mass is 9.92. The molecule has 0 saturated heterocycles. The number of benzene rings is 2. The smallest absolute Gasteiger partial charge is 0.320 e. The Morgan fingerprint density at radius 1 is 0.833 bits per heavy atom. The summed E-state index contributed by atoms with van der Waals surface area (Å²) < 4.78 is 30.8. The lowest BCUT2D eigenvalue weighted by molar-refractivity contribution is -0.159. The second-order valence-electron chi connectivity index (χ2n) is 11.5. The van der Waals surface area contributed by atoms with E-state index in [1.54, 1.807) is 77.0 Å². The zero-order chi connectivity index (χ0) is 31.6. The van der Waals surface area contributed by atoms with Crippen LogP contribution in [0.25, 0.3) is 17.2 Å². The van der Waals surface area contributed by atoms with Crippen molar-refractivity contribution in [2.45, 2.75) is 65.8 Å². The Hall–Kier alpha value is -3.56. The molecule has 8 nitrogen and oxygen atoms in total. The average molecular weight is 585 g/mol. The molecule has 0 aromatic heterocycles. The van der Waals surface area contributed by atoms with Gasteiger partial charge in [0.1, 0.15) is 18.0 Å². The number of nitrogens with zero attached hydrogens (tertiary/aromatic N) is 2. The molecular formula is C33H45FN2O6. The van der Waals surface area contributed by atoms with Crippen molar-refractivity contribution in [2.24, 2.45) is 0 Å². The van der Waals surface area contributed by atoms with Crippen molar-refractivity contribution in [1.29, 1.82) is 0 Å². The molecule has 0 saturated carbocycles. The average Bonchev–Trinajstić information content (AvgIpc) is 2.82. The van der Waals surface area contributed by atoms with Gasteiger partial charge in [0.25, 0.3) is 0 Å². The molecule has 0 unspecified atom stereocenters. The molecule has 0 aliphatic rings. The molecule has 0 aliphatic carbocycles. The third kappa shape index (κ3) is 11.7. The van der Waals surface area contributed by atoms with Crippen LogP contribution in [-0.2, 0) is 28.6 Å². The summed E-state index contributed by atoms with van der Waals surface area (Å²) in [6.07, 6.45) is 1.44. The van der Waals surface area contributed by atoms with Gasteiger partial charge in [-0.1, -0.05) is 29.8 Å². The maximum atomic E-state index is 14.0. The maximum absolute atomic E-state index is 14.0. The highest BCUT2D eigenvalue weighted by molar-refractivity contribution is 5.79. The predicted octanol–water partition coefficient (Wildman–Crippen LogP) is 5.11. The highest BCUT2D eigenvalue weighted by Crippen LogP contribution is 2.31. The molecule has 0 fully saturated rings. The SMILES string of the molecule is Cc1cc(C)c(C=C[C@H](C[C@H](CC(=O)OC(C)C)OC(=O)CN(C)C)OC(=O)CN(C)C)c(-c2ccc(F)c(C)c2)c1. The van der Waals surface area contributed by atoms with Gasteiger partial charge in [-0.05, 0) is 109 Å². The van der Waals surface area contributed by atoms with Crippen molar-refractivity contribution >= 4 is 24.0 Å². The molecule has 0 spiro atoms. The van der Waals surface area contributed by atoms with Crippen molar-refractivity contribution in [2.75, 3.05) is 41.3 Å². The fourth-order valence-corrected chi connectivity index (χ4v) is 4.50. The number of carbonyl (C=O) groups is 3. The molecule has 0 radical (unpaired) electrons. The Morgan fingerprint density at radius 2 is 1.45 bits per heavy atom. The van der Waals surface area contributed by atoms with E-state index in [-0.39, 0.29) is 37.9 Å². The fraction of sp³-hybridized carbons (Fsp3) is 0.485. The van der Waals surface area contributed by atoms with E-state index < -0.39 is 30.1 Å². The zero-order valence-corrected chi connectivity index (χ0v) is 26.3. The number of esters is 3. The molecule has 2 aromatic carbocycles. The van der Waals surface area contributed by atoms with Crippen molar-refractivity contribution < 1.29 is 33.0 Å². The molecule has 230 valence electrons. The minimum absolute atomic E-state index is 0.0274. The molecule has 0 N–H and O–H groups in total. The van der Waals surface area contributed by atoms with E-state index >= 15 is 0 Å². The van der Waals surface area contributed by atoms with Gasteiger partial charge in [-0.15, -0.1) is 0 Å². The van der Waals surface area contributed by atoms with Gasteiger partial charge in [0.2, 0.25) is 0 Å². The number of hydrogen-bond donors (Lipinski definition) is 0. The Kier molecular flexibility index (Phi) is 13.3. The summed E-state index contributed by atoms with van der Waals surface area (Å²) in [5.74, 6) is -1.77. The van der Waals surface area contributed by atoms with E-state index in [9.17, 15) is 18.8 Å². The lowest BCUT2D eigenvalue weighted by Gasteiger charge is -2.23. The van der Waals surface area contributed by atoms with E-state index in [4.69, 9.17) is 14.2 Å². The van der Waals surface area contributed by atoms with Crippen LogP contribution in [0.5, 0.6) is 0 Å². The van der Waals surface area contributed by atoms with Crippen LogP contribution in [0.2, 0.25) is 0 Å².